The first-order valence-corrected chi connectivity index (χ1v) is 7.17. The van der Waals surface area contributed by atoms with Crippen LogP contribution >= 0.6 is 12.4 Å². The van der Waals surface area contributed by atoms with E-state index in [0.717, 1.165) is 12.8 Å². The van der Waals surface area contributed by atoms with Crippen molar-refractivity contribution in [3.63, 3.8) is 0 Å². The van der Waals surface area contributed by atoms with Crippen molar-refractivity contribution >= 4 is 18.5 Å². The van der Waals surface area contributed by atoms with Crippen molar-refractivity contribution in [2.75, 3.05) is 6.54 Å². The van der Waals surface area contributed by atoms with Crippen molar-refractivity contribution in [3.8, 4) is 0 Å². The zero-order chi connectivity index (χ0) is 14.8. The maximum absolute atomic E-state index is 12.4. The van der Waals surface area contributed by atoms with Crippen LogP contribution in [0.2, 0.25) is 0 Å². The van der Waals surface area contributed by atoms with Gasteiger partial charge in [-0.25, -0.2) is 4.79 Å². The van der Waals surface area contributed by atoms with Crippen LogP contribution < -0.4 is 5.73 Å². The third kappa shape index (κ3) is 4.61. The number of ether oxygens (including phenoxy) is 1. The van der Waals surface area contributed by atoms with E-state index in [1.165, 1.54) is 11.1 Å². The molecule has 4 nitrogen and oxygen atoms in total. The van der Waals surface area contributed by atoms with Gasteiger partial charge >= 0.3 is 6.09 Å². The largest absolute Gasteiger partial charge is 0.444 e. The molecule has 118 valence electrons. The fourth-order valence-electron chi connectivity index (χ4n) is 2.57. The molecule has 0 aromatic heterocycles. The van der Waals surface area contributed by atoms with Crippen LogP contribution in [0, 0.1) is 0 Å². The van der Waals surface area contributed by atoms with Gasteiger partial charge in [-0.1, -0.05) is 24.3 Å². The van der Waals surface area contributed by atoms with Crippen LogP contribution in [0.15, 0.2) is 24.3 Å². The minimum absolute atomic E-state index is 0. The Morgan fingerprint density at radius 2 is 1.95 bits per heavy atom. The number of halogens is 1. The second kappa shape index (κ2) is 7.14. The molecule has 1 atom stereocenters. The first-order valence-electron chi connectivity index (χ1n) is 7.17. The molecule has 2 N–H and O–H groups in total. The molecule has 0 aliphatic carbocycles. The van der Waals surface area contributed by atoms with Crippen molar-refractivity contribution in [2.45, 2.75) is 51.8 Å². The molecule has 0 saturated heterocycles. The number of amides is 1. The molecule has 0 bridgehead atoms. The lowest BCUT2D eigenvalue weighted by Crippen LogP contribution is -2.47. The van der Waals surface area contributed by atoms with E-state index in [4.69, 9.17) is 10.5 Å². The normalized spacial score (nSPS) is 17.7. The third-order valence-corrected chi connectivity index (χ3v) is 3.48. The van der Waals surface area contributed by atoms with E-state index in [2.05, 4.69) is 12.1 Å². The first-order chi connectivity index (χ1) is 9.40. The summed E-state index contributed by atoms with van der Waals surface area (Å²) in [6.45, 7) is 6.85. The summed E-state index contributed by atoms with van der Waals surface area (Å²) in [5, 5.41) is 0. The van der Waals surface area contributed by atoms with Crippen molar-refractivity contribution in [1.82, 2.24) is 4.90 Å². The number of hydrogen-bond donors (Lipinski definition) is 1. The molecule has 21 heavy (non-hydrogen) atoms. The molecule has 5 heteroatoms. The fourth-order valence-corrected chi connectivity index (χ4v) is 2.57. The molecule has 0 radical (unpaired) electrons. The summed E-state index contributed by atoms with van der Waals surface area (Å²) in [5.74, 6) is 0. The number of nitrogens with zero attached hydrogens (tertiary/aromatic N) is 1. The fraction of sp³-hybridized carbons (Fsp3) is 0.562. The molecular formula is C16H25ClN2O2. The number of carbonyl (C=O) groups is 1. The summed E-state index contributed by atoms with van der Waals surface area (Å²) in [6.07, 6.45) is 1.41. The monoisotopic (exact) mass is 312 g/mol. The number of benzene rings is 1. The quantitative estimate of drug-likeness (QED) is 0.913. The van der Waals surface area contributed by atoms with Gasteiger partial charge in [-0.2, -0.15) is 0 Å². The Bertz CT molecular complexity index is 485. The van der Waals surface area contributed by atoms with Gasteiger partial charge in [0.2, 0.25) is 0 Å². The lowest BCUT2D eigenvalue weighted by atomic mass is 9.92. The standard InChI is InChI=1S/C16H24N2O2.ClH/c1-16(2,3)20-15(19)18-11-13-7-5-4-6-12(13)10-14(18)8-9-17;/h4-7,14H,8-11,17H2,1-3H3;1H. The molecule has 1 amide bonds. The molecular weight excluding hydrogens is 288 g/mol. The summed E-state index contributed by atoms with van der Waals surface area (Å²) >= 11 is 0. The summed E-state index contributed by atoms with van der Waals surface area (Å²) in [5.41, 5.74) is 7.73. The van der Waals surface area contributed by atoms with Gasteiger partial charge in [0.15, 0.2) is 0 Å². The van der Waals surface area contributed by atoms with E-state index in [9.17, 15) is 4.79 Å². The Morgan fingerprint density at radius 1 is 1.33 bits per heavy atom. The zero-order valence-electron chi connectivity index (χ0n) is 13.0. The topological polar surface area (TPSA) is 55.6 Å². The predicted octanol–water partition coefficient (Wildman–Crippen LogP) is 3.12. The Balaban J connectivity index is 0.00000220. The lowest BCUT2D eigenvalue weighted by molar-refractivity contribution is 0.0113. The van der Waals surface area contributed by atoms with Crippen molar-refractivity contribution in [2.24, 2.45) is 5.73 Å². The predicted molar refractivity (Wildman–Crippen MR) is 86.6 cm³/mol. The SMILES string of the molecule is CC(C)(C)OC(=O)N1Cc2ccccc2CC1CCN.Cl. The third-order valence-electron chi connectivity index (χ3n) is 3.48. The van der Waals surface area contributed by atoms with Crippen molar-refractivity contribution in [1.29, 1.82) is 0 Å². The molecule has 1 aliphatic rings. The average Bonchev–Trinajstić information content (AvgIpc) is 2.36. The maximum Gasteiger partial charge on any atom is 0.410 e. The summed E-state index contributed by atoms with van der Waals surface area (Å²) in [4.78, 5) is 14.2. The van der Waals surface area contributed by atoms with Crippen LogP contribution in [0.1, 0.15) is 38.3 Å². The van der Waals surface area contributed by atoms with Gasteiger partial charge in [0.1, 0.15) is 5.60 Å². The Hall–Kier alpha value is -1.26. The van der Waals surface area contributed by atoms with Crippen LogP contribution in [0.5, 0.6) is 0 Å². The maximum atomic E-state index is 12.4. The number of fused-ring (bicyclic) bond motifs is 1. The van der Waals surface area contributed by atoms with Crippen molar-refractivity contribution < 1.29 is 9.53 Å². The Labute approximate surface area is 133 Å². The van der Waals surface area contributed by atoms with Gasteiger partial charge in [0.05, 0.1) is 0 Å². The summed E-state index contributed by atoms with van der Waals surface area (Å²) < 4.78 is 5.51. The van der Waals surface area contributed by atoms with E-state index in [-0.39, 0.29) is 24.5 Å². The highest BCUT2D eigenvalue weighted by Gasteiger charge is 2.32. The average molecular weight is 313 g/mol. The van der Waals surface area contributed by atoms with Gasteiger partial charge < -0.3 is 15.4 Å². The zero-order valence-corrected chi connectivity index (χ0v) is 13.8. The highest BCUT2D eigenvalue weighted by atomic mass is 35.5. The highest BCUT2D eigenvalue weighted by Crippen LogP contribution is 2.26. The van der Waals surface area contributed by atoms with Gasteiger partial charge in [-0.15, -0.1) is 12.4 Å². The number of carbonyl (C=O) groups excluding carboxylic acids is 1. The number of hydrogen-bond acceptors (Lipinski definition) is 3. The van der Waals surface area contributed by atoms with E-state index in [0.29, 0.717) is 13.1 Å². The van der Waals surface area contributed by atoms with E-state index in [1.807, 2.05) is 37.8 Å². The molecule has 1 heterocycles. The van der Waals surface area contributed by atoms with Gasteiger partial charge in [0.25, 0.3) is 0 Å². The van der Waals surface area contributed by atoms with Gasteiger partial charge in [-0.3, -0.25) is 0 Å². The number of rotatable bonds is 2. The number of nitrogens with two attached hydrogens (primary N) is 1. The van der Waals surface area contributed by atoms with Crippen LogP contribution in [0.4, 0.5) is 4.79 Å². The van der Waals surface area contributed by atoms with Crippen LogP contribution in [-0.2, 0) is 17.7 Å². The minimum atomic E-state index is -0.471. The second-order valence-corrected chi connectivity index (χ2v) is 6.31. The molecule has 1 unspecified atom stereocenters. The Morgan fingerprint density at radius 3 is 2.52 bits per heavy atom. The first kappa shape index (κ1) is 17.8. The van der Waals surface area contributed by atoms with Crippen LogP contribution in [0.25, 0.3) is 0 Å². The molecule has 2 rings (SSSR count). The Kier molecular flexibility index (Phi) is 6.05. The molecule has 0 saturated carbocycles. The van der Waals surface area contributed by atoms with E-state index in [1.54, 1.807) is 0 Å². The summed E-state index contributed by atoms with van der Waals surface area (Å²) in [6, 6.07) is 8.39. The second-order valence-electron chi connectivity index (χ2n) is 6.31. The molecule has 1 aliphatic heterocycles. The summed E-state index contributed by atoms with van der Waals surface area (Å²) in [7, 11) is 0. The molecule has 1 aromatic carbocycles. The van der Waals surface area contributed by atoms with Gasteiger partial charge in [-0.05, 0) is 51.3 Å². The van der Waals surface area contributed by atoms with Crippen LogP contribution in [0.3, 0.4) is 0 Å². The smallest absolute Gasteiger partial charge is 0.410 e. The van der Waals surface area contributed by atoms with Gasteiger partial charge in [0, 0.05) is 12.6 Å². The van der Waals surface area contributed by atoms with E-state index >= 15 is 0 Å². The highest BCUT2D eigenvalue weighted by molar-refractivity contribution is 5.85. The molecule has 0 fully saturated rings. The minimum Gasteiger partial charge on any atom is -0.444 e. The lowest BCUT2D eigenvalue weighted by Gasteiger charge is -2.37. The molecule has 1 aromatic rings. The molecule has 0 spiro atoms. The van der Waals surface area contributed by atoms with E-state index < -0.39 is 5.60 Å². The van der Waals surface area contributed by atoms with Crippen molar-refractivity contribution in [3.05, 3.63) is 35.4 Å². The van der Waals surface area contributed by atoms with Crippen LogP contribution in [-0.4, -0.2) is 29.2 Å².